The molecule has 1 N–H and O–H groups in total. The van der Waals surface area contributed by atoms with Gasteiger partial charge >= 0.3 is 6.09 Å². The van der Waals surface area contributed by atoms with Crippen molar-refractivity contribution in [3.05, 3.63) is 112 Å². The number of benzene rings is 3. The fourth-order valence-electron chi connectivity index (χ4n) is 3.70. The van der Waals surface area contributed by atoms with Crippen LogP contribution in [0.5, 0.6) is 0 Å². The number of hydrogen-bond donors (Lipinski definition) is 1. The smallest absolute Gasteiger partial charge is 0.408 e. The molecule has 9 nitrogen and oxygen atoms in total. The molecule has 1 heterocycles. The molecule has 0 aliphatic heterocycles. The zero-order chi connectivity index (χ0) is 27.2. The van der Waals surface area contributed by atoms with Crippen LogP contribution in [-0.4, -0.2) is 51.5 Å². The standard InChI is InChI=1S/C28H26ClN5O4/c1-18(30-28(37)38-17-19-10-6-4-7-11-19)26-31-25(27(36)33(2)3)32-34(26)23-15-14-21(29)16-22(23)24(35)20-12-8-5-9-13-20/h4-16,18H,17H2,1-3H3,(H,30,37). The zero-order valence-corrected chi connectivity index (χ0v) is 21.8. The number of ether oxygens (including phenoxy) is 1. The van der Waals surface area contributed by atoms with E-state index in [-0.39, 0.29) is 29.6 Å². The van der Waals surface area contributed by atoms with Gasteiger partial charge in [-0.25, -0.2) is 14.5 Å². The van der Waals surface area contributed by atoms with E-state index < -0.39 is 18.0 Å². The third-order valence-electron chi connectivity index (χ3n) is 5.63. The molecule has 38 heavy (non-hydrogen) atoms. The van der Waals surface area contributed by atoms with Gasteiger partial charge in [0.05, 0.1) is 11.7 Å². The maximum absolute atomic E-state index is 13.4. The fourth-order valence-corrected chi connectivity index (χ4v) is 3.87. The summed E-state index contributed by atoms with van der Waals surface area (Å²) < 4.78 is 6.72. The lowest BCUT2D eigenvalue weighted by molar-refractivity contribution is 0.0815. The molecule has 2 amide bonds. The number of rotatable bonds is 8. The molecular formula is C28H26ClN5O4. The number of carbonyl (C=O) groups excluding carboxylic acids is 3. The van der Waals surface area contributed by atoms with Gasteiger partial charge < -0.3 is 15.0 Å². The Balaban J connectivity index is 1.70. The molecule has 0 aliphatic rings. The van der Waals surface area contributed by atoms with Crippen LogP contribution in [0, 0.1) is 0 Å². The van der Waals surface area contributed by atoms with Crippen molar-refractivity contribution in [1.82, 2.24) is 25.0 Å². The van der Waals surface area contributed by atoms with Gasteiger partial charge in [0.15, 0.2) is 11.6 Å². The van der Waals surface area contributed by atoms with Crippen molar-refractivity contribution in [2.24, 2.45) is 0 Å². The van der Waals surface area contributed by atoms with Crippen molar-refractivity contribution in [3.63, 3.8) is 0 Å². The van der Waals surface area contributed by atoms with Crippen LogP contribution in [0.3, 0.4) is 0 Å². The Bertz CT molecular complexity index is 1450. The van der Waals surface area contributed by atoms with Crippen LogP contribution in [0.25, 0.3) is 5.69 Å². The molecule has 0 aliphatic carbocycles. The molecule has 1 atom stereocenters. The number of hydrogen-bond acceptors (Lipinski definition) is 6. The lowest BCUT2D eigenvalue weighted by Crippen LogP contribution is -2.29. The van der Waals surface area contributed by atoms with Crippen molar-refractivity contribution in [2.75, 3.05) is 14.1 Å². The minimum absolute atomic E-state index is 0.0867. The molecule has 194 valence electrons. The summed E-state index contributed by atoms with van der Waals surface area (Å²) >= 11 is 6.26. The Labute approximate surface area is 225 Å². The Kier molecular flexibility index (Phi) is 8.18. The van der Waals surface area contributed by atoms with Gasteiger partial charge in [-0.1, -0.05) is 72.3 Å². The minimum Gasteiger partial charge on any atom is -0.445 e. The minimum atomic E-state index is -0.732. The van der Waals surface area contributed by atoms with Gasteiger partial charge in [0.25, 0.3) is 5.91 Å². The molecule has 1 aromatic heterocycles. The summed E-state index contributed by atoms with van der Waals surface area (Å²) in [6.07, 6.45) is -0.673. The lowest BCUT2D eigenvalue weighted by Gasteiger charge is -2.16. The Morgan fingerprint density at radius 2 is 1.66 bits per heavy atom. The summed E-state index contributed by atoms with van der Waals surface area (Å²) in [6.45, 7) is 1.77. The number of nitrogens with one attached hydrogen (secondary N) is 1. The first-order valence-electron chi connectivity index (χ1n) is 11.8. The third kappa shape index (κ3) is 6.07. The van der Waals surface area contributed by atoms with Crippen molar-refractivity contribution < 1.29 is 19.1 Å². The number of nitrogens with zero attached hydrogens (tertiary/aromatic N) is 4. The highest BCUT2D eigenvalue weighted by atomic mass is 35.5. The molecule has 0 bridgehead atoms. The maximum atomic E-state index is 13.4. The molecule has 0 saturated carbocycles. The summed E-state index contributed by atoms with van der Waals surface area (Å²) in [5.74, 6) is -0.581. The monoisotopic (exact) mass is 531 g/mol. The van der Waals surface area contributed by atoms with Gasteiger partial charge in [0, 0.05) is 30.2 Å². The quantitative estimate of drug-likeness (QED) is 0.326. The first-order valence-corrected chi connectivity index (χ1v) is 12.2. The van der Waals surface area contributed by atoms with Crippen LogP contribution in [0.2, 0.25) is 5.02 Å². The largest absolute Gasteiger partial charge is 0.445 e. The highest BCUT2D eigenvalue weighted by Gasteiger charge is 2.26. The number of alkyl carbamates (subject to hydrolysis) is 1. The van der Waals surface area contributed by atoms with E-state index in [1.165, 1.54) is 15.6 Å². The molecule has 1 unspecified atom stereocenters. The van der Waals surface area contributed by atoms with E-state index in [2.05, 4.69) is 15.4 Å². The van der Waals surface area contributed by atoms with Gasteiger partial charge in [-0.3, -0.25) is 9.59 Å². The molecule has 0 saturated heterocycles. The van der Waals surface area contributed by atoms with Crippen LogP contribution in [0.4, 0.5) is 4.79 Å². The highest BCUT2D eigenvalue weighted by Crippen LogP contribution is 2.25. The molecule has 4 rings (SSSR count). The highest BCUT2D eigenvalue weighted by molar-refractivity contribution is 6.31. The predicted octanol–water partition coefficient (Wildman–Crippen LogP) is 4.84. The fraction of sp³-hybridized carbons (Fsp3) is 0.179. The Morgan fingerprint density at radius 3 is 2.32 bits per heavy atom. The van der Waals surface area contributed by atoms with E-state index in [0.717, 1.165) is 5.56 Å². The first-order chi connectivity index (χ1) is 18.2. The summed E-state index contributed by atoms with van der Waals surface area (Å²) in [4.78, 5) is 44.5. The first kappa shape index (κ1) is 26.6. The van der Waals surface area contributed by atoms with Crippen LogP contribution < -0.4 is 5.32 Å². The average molecular weight is 532 g/mol. The molecule has 3 aromatic carbocycles. The molecular weight excluding hydrogens is 506 g/mol. The average Bonchev–Trinajstić information content (AvgIpc) is 3.37. The van der Waals surface area contributed by atoms with E-state index in [1.54, 1.807) is 57.4 Å². The number of aromatic nitrogens is 3. The lowest BCUT2D eigenvalue weighted by atomic mass is 10.0. The van der Waals surface area contributed by atoms with Gasteiger partial charge in [0.1, 0.15) is 6.61 Å². The van der Waals surface area contributed by atoms with E-state index >= 15 is 0 Å². The van der Waals surface area contributed by atoms with Gasteiger partial charge in [0.2, 0.25) is 5.82 Å². The topological polar surface area (TPSA) is 106 Å². The van der Waals surface area contributed by atoms with Crippen LogP contribution in [0.15, 0.2) is 78.9 Å². The number of halogens is 1. The van der Waals surface area contributed by atoms with E-state index in [4.69, 9.17) is 16.3 Å². The molecule has 0 fully saturated rings. The van der Waals surface area contributed by atoms with Crippen molar-refractivity contribution in [3.8, 4) is 5.69 Å². The van der Waals surface area contributed by atoms with Gasteiger partial charge in [-0.15, -0.1) is 5.10 Å². The second kappa shape index (κ2) is 11.7. The second-order valence-electron chi connectivity index (χ2n) is 8.69. The third-order valence-corrected chi connectivity index (χ3v) is 5.87. The van der Waals surface area contributed by atoms with Gasteiger partial charge in [-0.2, -0.15) is 0 Å². The molecule has 4 aromatic rings. The maximum Gasteiger partial charge on any atom is 0.408 e. The molecule has 10 heteroatoms. The normalized spacial score (nSPS) is 11.5. The van der Waals surface area contributed by atoms with Crippen molar-refractivity contribution in [2.45, 2.75) is 19.6 Å². The Morgan fingerprint density at radius 1 is 1.00 bits per heavy atom. The number of ketones is 1. The summed E-state index contributed by atoms with van der Waals surface area (Å²) in [5.41, 5.74) is 1.91. The SMILES string of the molecule is CC(NC(=O)OCc1ccccc1)c1nc(C(=O)N(C)C)nn1-c1ccc(Cl)cc1C(=O)c1ccccc1. The summed E-state index contributed by atoms with van der Waals surface area (Å²) in [6, 6.07) is 22.1. The van der Waals surface area contributed by atoms with E-state index in [0.29, 0.717) is 16.3 Å². The number of carbonyl (C=O) groups is 3. The Hall–Kier alpha value is -4.50. The molecule has 0 radical (unpaired) electrons. The zero-order valence-electron chi connectivity index (χ0n) is 21.1. The number of amides is 2. The van der Waals surface area contributed by atoms with Crippen LogP contribution in [-0.2, 0) is 11.3 Å². The second-order valence-corrected chi connectivity index (χ2v) is 9.13. The van der Waals surface area contributed by atoms with Crippen molar-refractivity contribution in [1.29, 1.82) is 0 Å². The van der Waals surface area contributed by atoms with E-state index in [1.807, 2.05) is 36.4 Å². The van der Waals surface area contributed by atoms with E-state index in [9.17, 15) is 14.4 Å². The van der Waals surface area contributed by atoms with Crippen molar-refractivity contribution >= 4 is 29.4 Å². The summed E-state index contributed by atoms with van der Waals surface area (Å²) in [7, 11) is 3.16. The van der Waals surface area contributed by atoms with Crippen LogP contribution in [0.1, 0.15) is 50.9 Å². The van der Waals surface area contributed by atoms with Gasteiger partial charge in [-0.05, 0) is 30.7 Å². The molecule has 0 spiro atoms. The summed E-state index contributed by atoms with van der Waals surface area (Å²) in [5, 5.41) is 7.50. The predicted molar refractivity (Wildman–Crippen MR) is 142 cm³/mol. The van der Waals surface area contributed by atoms with Crippen LogP contribution >= 0.6 is 11.6 Å².